The minimum atomic E-state index is -0.589. The van der Waals surface area contributed by atoms with Crippen LogP contribution >= 0.6 is 11.6 Å². The van der Waals surface area contributed by atoms with Crippen LogP contribution in [0.2, 0.25) is 5.02 Å². The van der Waals surface area contributed by atoms with Crippen LogP contribution in [0.4, 0.5) is 5.69 Å². The van der Waals surface area contributed by atoms with Gasteiger partial charge in [-0.3, -0.25) is 14.9 Å². The molecule has 0 aliphatic heterocycles. The highest BCUT2D eigenvalue weighted by Crippen LogP contribution is 2.29. The standard InChI is InChI=1S/C22H21ClN4O4/c23-18-12-11-16(13-19(18)27(29)30)22(28)26(17-9-5-2-6-10-17)14-20-24-21(25-31-20)15-7-3-1-4-8-15/h1,3-4,7-8,11-13,17H,2,5-6,9-10,14H2. The summed E-state index contributed by atoms with van der Waals surface area (Å²) in [5.41, 5.74) is 0.742. The summed E-state index contributed by atoms with van der Waals surface area (Å²) in [5, 5.41) is 15.3. The van der Waals surface area contributed by atoms with Crippen molar-refractivity contribution in [2.75, 3.05) is 0 Å². The van der Waals surface area contributed by atoms with Crippen LogP contribution in [0.1, 0.15) is 48.4 Å². The van der Waals surface area contributed by atoms with E-state index in [9.17, 15) is 14.9 Å². The number of carbonyl (C=O) groups is 1. The zero-order valence-electron chi connectivity index (χ0n) is 16.7. The van der Waals surface area contributed by atoms with Gasteiger partial charge in [0.25, 0.3) is 11.6 Å². The molecule has 0 unspecified atom stereocenters. The Balaban J connectivity index is 1.62. The van der Waals surface area contributed by atoms with Gasteiger partial charge in [0.2, 0.25) is 11.7 Å². The van der Waals surface area contributed by atoms with E-state index in [2.05, 4.69) is 10.1 Å². The Morgan fingerprint density at radius 2 is 1.90 bits per heavy atom. The summed E-state index contributed by atoms with van der Waals surface area (Å²) in [5.74, 6) is 0.459. The molecular formula is C22H21ClN4O4. The normalized spacial score (nSPS) is 14.4. The molecule has 0 atom stereocenters. The van der Waals surface area contributed by atoms with Crippen LogP contribution in [-0.4, -0.2) is 31.9 Å². The molecule has 0 bridgehead atoms. The summed E-state index contributed by atoms with van der Waals surface area (Å²) in [6, 6.07) is 13.6. The Hall–Kier alpha value is -3.26. The topological polar surface area (TPSA) is 102 Å². The van der Waals surface area contributed by atoms with Crippen LogP contribution in [0, 0.1) is 10.1 Å². The second-order valence-electron chi connectivity index (χ2n) is 7.53. The monoisotopic (exact) mass is 440 g/mol. The molecule has 0 spiro atoms. The molecule has 2 aromatic carbocycles. The highest BCUT2D eigenvalue weighted by Gasteiger charge is 2.29. The van der Waals surface area contributed by atoms with Crippen LogP contribution in [-0.2, 0) is 6.54 Å². The number of benzene rings is 2. The molecule has 0 N–H and O–H groups in total. The van der Waals surface area contributed by atoms with E-state index in [1.807, 2.05) is 30.3 Å². The number of hydrogen-bond acceptors (Lipinski definition) is 6. The quantitative estimate of drug-likeness (QED) is 0.382. The third-order valence-corrected chi connectivity index (χ3v) is 5.79. The lowest BCUT2D eigenvalue weighted by molar-refractivity contribution is -0.384. The lowest BCUT2D eigenvalue weighted by Gasteiger charge is -2.33. The summed E-state index contributed by atoms with van der Waals surface area (Å²) in [7, 11) is 0. The summed E-state index contributed by atoms with van der Waals surface area (Å²) in [6.07, 6.45) is 4.90. The van der Waals surface area contributed by atoms with Gasteiger partial charge in [0.1, 0.15) is 11.6 Å². The van der Waals surface area contributed by atoms with Crippen molar-refractivity contribution in [3.05, 3.63) is 75.1 Å². The van der Waals surface area contributed by atoms with Crippen molar-refractivity contribution in [1.82, 2.24) is 15.0 Å². The van der Waals surface area contributed by atoms with Crippen molar-refractivity contribution >= 4 is 23.2 Å². The smallest absolute Gasteiger partial charge is 0.288 e. The van der Waals surface area contributed by atoms with Gasteiger partial charge >= 0.3 is 0 Å². The molecule has 1 heterocycles. The number of amides is 1. The van der Waals surface area contributed by atoms with Gasteiger partial charge in [-0.15, -0.1) is 0 Å². The molecule has 9 heteroatoms. The van der Waals surface area contributed by atoms with Crippen LogP contribution in [0.3, 0.4) is 0 Å². The maximum absolute atomic E-state index is 13.4. The van der Waals surface area contributed by atoms with Gasteiger partial charge in [0.15, 0.2) is 0 Å². The van der Waals surface area contributed by atoms with E-state index in [-0.39, 0.29) is 34.8 Å². The second-order valence-corrected chi connectivity index (χ2v) is 7.93. The third-order valence-electron chi connectivity index (χ3n) is 5.47. The van der Waals surface area contributed by atoms with Crippen LogP contribution in [0.25, 0.3) is 11.4 Å². The number of carbonyl (C=O) groups excluding carboxylic acids is 1. The summed E-state index contributed by atoms with van der Waals surface area (Å²) >= 11 is 5.92. The highest BCUT2D eigenvalue weighted by atomic mass is 35.5. The van der Waals surface area contributed by atoms with Crippen LogP contribution in [0.5, 0.6) is 0 Å². The molecule has 4 rings (SSSR count). The first-order valence-electron chi connectivity index (χ1n) is 10.2. The molecule has 1 aliphatic rings. The molecule has 1 fully saturated rings. The van der Waals surface area contributed by atoms with Crippen molar-refractivity contribution in [3.8, 4) is 11.4 Å². The number of nitro benzene ring substituents is 1. The van der Waals surface area contributed by atoms with Crippen molar-refractivity contribution in [2.45, 2.75) is 44.7 Å². The first-order chi connectivity index (χ1) is 15.0. The SMILES string of the molecule is O=C(c1ccc(Cl)c([N+](=O)[O-])c1)N(Cc1nc(-c2ccccc2)no1)C1CCCCC1. The lowest BCUT2D eigenvalue weighted by Crippen LogP contribution is -2.41. The predicted octanol–water partition coefficient (Wildman–Crippen LogP) is 5.27. The maximum atomic E-state index is 13.4. The molecule has 0 saturated heterocycles. The number of halogens is 1. The summed E-state index contributed by atoms with van der Waals surface area (Å²) in [6.45, 7) is 0.139. The fourth-order valence-corrected chi connectivity index (χ4v) is 4.07. The third kappa shape index (κ3) is 4.74. The molecule has 0 radical (unpaired) electrons. The zero-order chi connectivity index (χ0) is 21.8. The molecule has 1 aliphatic carbocycles. The van der Waals surface area contributed by atoms with E-state index >= 15 is 0 Å². The molecule has 1 amide bonds. The first kappa shape index (κ1) is 21.0. The van der Waals surface area contributed by atoms with Gasteiger partial charge < -0.3 is 9.42 Å². The molecule has 1 aromatic heterocycles. The van der Waals surface area contributed by atoms with Gasteiger partial charge in [-0.1, -0.05) is 66.4 Å². The number of aromatic nitrogens is 2. The predicted molar refractivity (Wildman–Crippen MR) is 115 cm³/mol. The van der Waals surface area contributed by atoms with E-state index in [0.717, 1.165) is 37.7 Å². The Morgan fingerprint density at radius 3 is 2.61 bits per heavy atom. The second kappa shape index (κ2) is 9.26. The highest BCUT2D eigenvalue weighted by molar-refractivity contribution is 6.32. The van der Waals surface area contributed by atoms with Gasteiger partial charge in [-0.2, -0.15) is 4.98 Å². The van der Waals surface area contributed by atoms with Crippen LogP contribution in [0.15, 0.2) is 53.1 Å². The molecule has 160 valence electrons. The van der Waals surface area contributed by atoms with Gasteiger partial charge in [0, 0.05) is 23.2 Å². The van der Waals surface area contributed by atoms with E-state index < -0.39 is 4.92 Å². The Bertz CT molecular complexity index is 1080. The van der Waals surface area contributed by atoms with Gasteiger partial charge in [0.05, 0.1) is 4.92 Å². The van der Waals surface area contributed by atoms with Crippen molar-refractivity contribution in [1.29, 1.82) is 0 Å². The van der Waals surface area contributed by atoms with Crippen LogP contribution < -0.4 is 0 Å². The minimum Gasteiger partial charge on any atom is -0.337 e. The van der Waals surface area contributed by atoms with Gasteiger partial charge in [-0.05, 0) is 25.0 Å². The largest absolute Gasteiger partial charge is 0.337 e. The number of nitro groups is 1. The average Bonchev–Trinajstić information content (AvgIpc) is 3.27. The first-order valence-corrected chi connectivity index (χ1v) is 10.5. The summed E-state index contributed by atoms with van der Waals surface area (Å²) in [4.78, 5) is 30.2. The van der Waals surface area contributed by atoms with E-state index in [0.29, 0.717) is 11.7 Å². The molecule has 8 nitrogen and oxygen atoms in total. The van der Waals surface area contributed by atoms with Gasteiger partial charge in [-0.25, -0.2) is 0 Å². The molecule has 31 heavy (non-hydrogen) atoms. The summed E-state index contributed by atoms with van der Waals surface area (Å²) < 4.78 is 5.42. The lowest BCUT2D eigenvalue weighted by atomic mass is 9.93. The fourth-order valence-electron chi connectivity index (χ4n) is 3.88. The van der Waals surface area contributed by atoms with E-state index in [1.165, 1.54) is 18.2 Å². The minimum absolute atomic E-state index is 0.00283. The Morgan fingerprint density at radius 1 is 1.16 bits per heavy atom. The van der Waals surface area contributed by atoms with Crippen molar-refractivity contribution in [2.24, 2.45) is 0 Å². The zero-order valence-corrected chi connectivity index (χ0v) is 17.5. The number of rotatable bonds is 6. The van der Waals surface area contributed by atoms with Crippen molar-refractivity contribution in [3.63, 3.8) is 0 Å². The number of nitrogens with zero attached hydrogens (tertiary/aromatic N) is 4. The van der Waals surface area contributed by atoms with E-state index in [1.54, 1.807) is 4.90 Å². The van der Waals surface area contributed by atoms with Crippen molar-refractivity contribution < 1.29 is 14.2 Å². The molecule has 3 aromatic rings. The number of hydrogen-bond donors (Lipinski definition) is 0. The maximum Gasteiger partial charge on any atom is 0.288 e. The fraction of sp³-hybridized carbons (Fsp3) is 0.318. The molecular weight excluding hydrogens is 420 g/mol. The average molecular weight is 441 g/mol. The Labute approximate surface area is 184 Å². The van der Waals surface area contributed by atoms with E-state index in [4.69, 9.17) is 16.1 Å². The Kier molecular flexibility index (Phi) is 6.27. The molecule has 1 saturated carbocycles.